The Morgan fingerprint density at radius 3 is 2.65 bits per heavy atom. The van der Waals surface area contributed by atoms with Crippen molar-refractivity contribution in [2.45, 2.75) is 31.7 Å². The number of nitrogen functional groups attached to an aromatic ring is 1. The van der Waals surface area contributed by atoms with Crippen LogP contribution in [0.2, 0.25) is 0 Å². The molecule has 0 unspecified atom stereocenters. The first kappa shape index (κ1) is 13.1. The lowest BCUT2D eigenvalue weighted by atomic mass is 9.95. The first-order valence-corrected chi connectivity index (χ1v) is 7.53. The fourth-order valence-electron chi connectivity index (χ4n) is 2.38. The Bertz CT molecular complexity index is 629. The number of thiazole rings is 1. The number of nitrogens with two attached hydrogens (primary N) is 1. The van der Waals surface area contributed by atoms with E-state index in [1.807, 2.05) is 36.6 Å². The molecule has 1 heterocycles. The zero-order valence-corrected chi connectivity index (χ0v) is 12.2. The van der Waals surface area contributed by atoms with Gasteiger partial charge in [-0.2, -0.15) is 0 Å². The fourth-order valence-corrected chi connectivity index (χ4v) is 3.09. The Balaban J connectivity index is 1.68. The van der Waals surface area contributed by atoms with Crippen molar-refractivity contribution in [3.05, 3.63) is 45.9 Å². The molecule has 20 heavy (non-hydrogen) atoms. The maximum Gasteiger partial charge on any atom is 0.231 e. The molecule has 1 aromatic heterocycles. The molecule has 104 valence electrons. The molecule has 0 spiro atoms. The number of hydrogen-bond donors (Lipinski definition) is 2. The van der Waals surface area contributed by atoms with Crippen molar-refractivity contribution in [3.63, 3.8) is 0 Å². The van der Waals surface area contributed by atoms with Crippen LogP contribution in [-0.2, 0) is 16.8 Å². The minimum atomic E-state index is -0.347. The second-order valence-electron chi connectivity index (χ2n) is 5.27. The number of amides is 1. The van der Waals surface area contributed by atoms with Crippen LogP contribution in [0.25, 0.3) is 0 Å². The van der Waals surface area contributed by atoms with Crippen LogP contribution in [0.15, 0.2) is 29.6 Å². The maximum atomic E-state index is 12.4. The predicted molar refractivity (Wildman–Crippen MR) is 80.5 cm³/mol. The van der Waals surface area contributed by atoms with Gasteiger partial charge in [0.2, 0.25) is 5.91 Å². The highest BCUT2D eigenvalue weighted by atomic mass is 32.1. The van der Waals surface area contributed by atoms with E-state index in [0.717, 1.165) is 34.8 Å². The van der Waals surface area contributed by atoms with Crippen LogP contribution in [0.1, 0.15) is 29.1 Å². The number of aromatic nitrogens is 1. The number of nitrogens with one attached hydrogen (secondary N) is 1. The molecule has 1 fully saturated rings. The first-order valence-electron chi connectivity index (χ1n) is 6.65. The molecule has 0 radical (unpaired) electrons. The number of carbonyl (C=O) groups is 1. The second-order valence-corrected chi connectivity index (χ2v) is 6.21. The third kappa shape index (κ3) is 2.41. The average Bonchev–Trinajstić information content (AvgIpc) is 3.15. The molecule has 1 aliphatic rings. The smallest absolute Gasteiger partial charge is 0.231 e. The van der Waals surface area contributed by atoms with Crippen LogP contribution in [0.4, 0.5) is 5.69 Å². The summed E-state index contributed by atoms with van der Waals surface area (Å²) >= 11 is 1.58. The number of aryl methyl sites for hydroxylation is 1. The van der Waals surface area contributed by atoms with Crippen molar-refractivity contribution in [2.24, 2.45) is 0 Å². The molecule has 1 aromatic carbocycles. The number of nitrogens with zero attached hydrogens (tertiary/aromatic N) is 1. The van der Waals surface area contributed by atoms with Crippen molar-refractivity contribution in [1.82, 2.24) is 10.3 Å². The lowest BCUT2D eigenvalue weighted by Crippen LogP contribution is -2.34. The SMILES string of the molecule is Cc1csc(CNC(=O)C2(c3ccc(N)cc3)CC2)n1. The highest BCUT2D eigenvalue weighted by Crippen LogP contribution is 2.48. The van der Waals surface area contributed by atoms with Gasteiger partial charge in [-0.15, -0.1) is 11.3 Å². The van der Waals surface area contributed by atoms with Crippen LogP contribution >= 0.6 is 11.3 Å². The zero-order chi connectivity index (χ0) is 14.2. The summed E-state index contributed by atoms with van der Waals surface area (Å²) in [4.78, 5) is 16.8. The quantitative estimate of drug-likeness (QED) is 0.848. The molecule has 2 aromatic rings. The van der Waals surface area contributed by atoms with E-state index in [9.17, 15) is 4.79 Å². The minimum absolute atomic E-state index is 0.0927. The van der Waals surface area contributed by atoms with Crippen molar-refractivity contribution < 1.29 is 4.79 Å². The largest absolute Gasteiger partial charge is 0.399 e. The molecule has 4 nitrogen and oxygen atoms in total. The summed E-state index contributed by atoms with van der Waals surface area (Å²) in [5.41, 5.74) is 8.13. The van der Waals surface area contributed by atoms with Gasteiger partial charge in [0, 0.05) is 16.8 Å². The molecule has 1 saturated carbocycles. The van der Waals surface area contributed by atoms with E-state index in [1.54, 1.807) is 11.3 Å². The van der Waals surface area contributed by atoms with E-state index in [1.165, 1.54) is 0 Å². The van der Waals surface area contributed by atoms with Crippen LogP contribution in [0, 0.1) is 6.92 Å². The third-order valence-electron chi connectivity index (χ3n) is 3.71. The van der Waals surface area contributed by atoms with E-state index >= 15 is 0 Å². The summed E-state index contributed by atoms with van der Waals surface area (Å²) in [7, 11) is 0. The standard InChI is InChI=1S/C15H17N3OS/c1-10-9-20-13(18-10)8-17-14(19)15(6-7-15)11-2-4-12(16)5-3-11/h2-5,9H,6-8,16H2,1H3,(H,17,19). The number of carbonyl (C=O) groups excluding carboxylic acids is 1. The Kier molecular flexibility index (Phi) is 3.22. The summed E-state index contributed by atoms with van der Waals surface area (Å²) in [6.45, 7) is 2.46. The Morgan fingerprint density at radius 1 is 1.40 bits per heavy atom. The molecule has 0 bridgehead atoms. The molecular weight excluding hydrogens is 270 g/mol. The number of anilines is 1. The minimum Gasteiger partial charge on any atom is -0.399 e. The van der Waals surface area contributed by atoms with Crippen molar-refractivity contribution in [3.8, 4) is 0 Å². The van der Waals surface area contributed by atoms with Crippen molar-refractivity contribution in [2.75, 3.05) is 5.73 Å². The van der Waals surface area contributed by atoms with Gasteiger partial charge in [-0.05, 0) is 37.5 Å². The monoisotopic (exact) mass is 287 g/mol. The van der Waals surface area contributed by atoms with E-state index in [-0.39, 0.29) is 11.3 Å². The molecule has 0 atom stereocenters. The van der Waals surface area contributed by atoms with Gasteiger partial charge in [-0.1, -0.05) is 12.1 Å². The van der Waals surface area contributed by atoms with E-state index in [0.29, 0.717) is 6.54 Å². The molecule has 0 saturated heterocycles. The van der Waals surface area contributed by atoms with Gasteiger partial charge in [0.15, 0.2) is 0 Å². The third-order valence-corrected chi connectivity index (χ3v) is 4.68. The van der Waals surface area contributed by atoms with Gasteiger partial charge >= 0.3 is 0 Å². The van der Waals surface area contributed by atoms with Crippen molar-refractivity contribution in [1.29, 1.82) is 0 Å². The van der Waals surface area contributed by atoms with E-state index in [4.69, 9.17) is 5.73 Å². The lowest BCUT2D eigenvalue weighted by molar-refractivity contribution is -0.123. The van der Waals surface area contributed by atoms with Crippen LogP contribution in [0.5, 0.6) is 0 Å². The number of benzene rings is 1. The molecule has 1 amide bonds. The summed E-state index contributed by atoms with van der Waals surface area (Å²) in [6, 6.07) is 7.62. The van der Waals surface area contributed by atoms with Crippen LogP contribution in [-0.4, -0.2) is 10.9 Å². The van der Waals surface area contributed by atoms with Gasteiger partial charge in [-0.25, -0.2) is 4.98 Å². The summed E-state index contributed by atoms with van der Waals surface area (Å²) in [5.74, 6) is 0.0927. The average molecular weight is 287 g/mol. The van der Waals surface area contributed by atoms with E-state index < -0.39 is 0 Å². The van der Waals surface area contributed by atoms with Gasteiger partial charge in [0.1, 0.15) is 5.01 Å². The molecule has 1 aliphatic carbocycles. The number of hydrogen-bond acceptors (Lipinski definition) is 4. The lowest BCUT2D eigenvalue weighted by Gasteiger charge is -2.15. The zero-order valence-electron chi connectivity index (χ0n) is 11.3. The predicted octanol–water partition coefficient (Wildman–Crippen LogP) is 2.38. The molecule has 0 aliphatic heterocycles. The first-order chi connectivity index (χ1) is 9.60. The number of rotatable bonds is 4. The maximum absolute atomic E-state index is 12.4. The second kappa shape index (κ2) is 4.90. The van der Waals surface area contributed by atoms with Gasteiger partial charge in [-0.3, -0.25) is 4.79 Å². The molecule has 3 N–H and O–H groups in total. The summed E-state index contributed by atoms with van der Waals surface area (Å²) in [5, 5.41) is 5.95. The fraction of sp³-hybridized carbons (Fsp3) is 0.333. The van der Waals surface area contributed by atoms with Gasteiger partial charge in [0.25, 0.3) is 0 Å². The van der Waals surface area contributed by atoms with Crippen molar-refractivity contribution >= 4 is 22.9 Å². The highest BCUT2D eigenvalue weighted by Gasteiger charge is 2.51. The van der Waals surface area contributed by atoms with Crippen LogP contribution < -0.4 is 11.1 Å². The molecule has 5 heteroatoms. The Hall–Kier alpha value is -1.88. The van der Waals surface area contributed by atoms with E-state index in [2.05, 4.69) is 10.3 Å². The summed E-state index contributed by atoms with van der Waals surface area (Å²) in [6.07, 6.45) is 1.80. The van der Waals surface area contributed by atoms with Gasteiger partial charge in [0.05, 0.1) is 12.0 Å². The van der Waals surface area contributed by atoms with Gasteiger partial charge < -0.3 is 11.1 Å². The van der Waals surface area contributed by atoms with Crippen LogP contribution in [0.3, 0.4) is 0 Å². The summed E-state index contributed by atoms with van der Waals surface area (Å²) < 4.78 is 0. The normalized spacial score (nSPS) is 15.8. The Labute approximate surface area is 122 Å². The molecule has 3 rings (SSSR count). The highest BCUT2D eigenvalue weighted by molar-refractivity contribution is 7.09. The Morgan fingerprint density at radius 2 is 2.10 bits per heavy atom. The molecular formula is C15H17N3OS. The topological polar surface area (TPSA) is 68.0 Å².